The predicted octanol–water partition coefficient (Wildman–Crippen LogP) is 3.33. The molecule has 0 spiro atoms. The molecule has 4 nitrogen and oxygen atoms in total. The first kappa shape index (κ1) is 14.1. The summed E-state index contributed by atoms with van der Waals surface area (Å²) in [5.74, 6) is 2.50. The Balaban J connectivity index is 2.20. The topological polar surface area (TPSA) is 47.0 Å². The lowest BCUT2D eigenvalue weighted by molar-refractivity contribution is 0.368. The van der Waals surface area contributed by atoms with Gasteiger partial charge in [-0.2, -0.15) is 4.98 Å². The largest absolute Gasteiger partial charge is 0.481 e. The number of aromatic nitrogens is 2. The van der Waals surface area contributed by atoms with Gasteiger partial charge in [0, 0.05) is 5.69 Å². The van der Waals surface area contributed by atoms with Gasteiger partial charge in [0.25, 0.3) is 0 Å². The van der Waals surface area contributed by atoms with Crippen LogP contribution in [0.4, 0.5) is 15.9 Å². The van der Waals surface area contributed by atoms with Gasteiger partial charge in [-0.05, 0) is 42.3 Å². The minimum Gasteiger partial charge on any atom is -0.481 e. The van der Waals surface area contributed by atoms with E-state index in [0.717, 1.165) is 11.8 Å². The lowest BCUT2D eigenvalue weighted by Crippen LogP contribution is -2.00. The number of hydrogen-bond acceptors (Lipinski definition) is 4. The van der Waals surface area contributed by atoms with Crippen molar-refractivity contribution in [1.29, 1.82) is 0 Å². The number of anilines is 2. The Morgan fingerprint density at radius 1 is 1.50 bits per heavy atom. The summed E-state index contributed by atoms with van der Waals surface area (Å²) in [6, 6.07) is 5.27. The minimum atomic E-state index is -0.584. The van der Waals surface area contributed by atoms with Gasteiger partial charge in [0.2, 0.25) is 5.28 Å². The summed E-state index contributed by atoms with van der Waals surface area (Å²) < 4.78 is 18.9. The third-order valence-corrected chi connectivity index (χ3v) is 2.65. The molecule has 0 fully saturated rings. The average Bonchev–Trinajstić information content (AvgIpc) is 2.42. The van der Waals surface area contributed by atoms with E-state index >= 15 is 0 Å². The lowest BCUT2D eigenvalue weighted by atomic mass is 10.2. The van der Waals surface area contributed by atoms with Crippen molar-refractivity contribution < 1.29 is 9.13 Å². The Bertz CT molecular complexity index is 670. The van der Waals surface area contributed by atoms with Crippen LogP contribution in [-0.2, 0) is 0 Å². The molecule has 0 aliphatic rings. The van der Waals surface area contributed by atoms with Crippen LogP contribution in [0, 0.1) is 25.1 Å². The second-order valence-corrected chi connectivity index (χ2v) is 4.27. The lowest BCUT2D eigenvalue weighted by Gasteiger charge is -2.10. The third-order valence-electron chi connectivity index (χ3n) is 2.46. The first-order chi connectivity index (χ1) is 9.60. The standard InChI is InChI=1S/C14H11ClFN3O/c1-3-6-20-12-5-4-10(7-9(12)2)18-13-11(16)8-17-14(15)19-13/h1,4-5,7-8H,6H2,2H3,(H,17,18,19). The van der Waals surface area contributed by atoms with Gasteiger partial charge in [0.1, 0.15) is 12.4 Å². The maximum absolute atomic E-state index is 13.5. The zero-order chi connectivity index (χ0) is 14.5. The van der Waals surface area contributed by atoms with Crippen LogP contribution in [0.5, 0.6) is 5.75 Å². The van der Waals surface area contributed by atoms with Crippen LogP contribution < -0.4 is 10.1 Å². The number of nitrogens with zero attached hydrogens (tertiary/aromatic N) is 2. The fraction of sp³-hybridized carbons (Fsp3) is 0.143. The predicted molar refractivity (Wildman–Crippen MR) is 75.8 cm³/mol. The van der Waals surface area contributed by atoms with Crippen molar-refractivity contribution in [3.05, 3.63) is 41.1 Å². The summed E-state index contributed by atoms with van der Waals surface area (Å²) in [6.07, 6.45) is 6.14. The Kier molecular flexibility index (Phi) is 4.38. The molecule has 0 atom stereocenters. The Hall–Kier alpha value is -2.32. The molecule has 6 heteroatoms. The smallest absolute Gasteiger partial charge is 0.224 e. The van der Waals surface area contributed by atoms with Crippen LogP contribution in [-0.4, -0.2) is 16.6 Å². The number of terminal acetylenes is 1. The van der Waals surface area contributed by atoms with E-state index in [0.29, 0.717) is 11.4 Å². The molecule has 0 bridgehead atoms. The SMILES string of the molecule is C#CCOc1ccc(Nc2nc(Cl)ncc2F)cc1C. The van der Waals surface area contributed by atoms with Crippen molar-refractivity contribution in [2.24, 2.45) is 0 Å². The van der Waals surface area contributed by atoms with Gasteiger partial charge in [-0.25, -0.2) is 9.37 Å². The quantitative estimate of drug-likeness (QED) is 0.693. The van der Waals surface area contributed by atoms with Gasteiger partial charge >= 0.3 is 0 Å². The molecule has 2 aromatic rings. The number of hydrogen-bond donors (Lipinski definition) is 1. The number of benzene rings is 1. The highest BCUT2D eigenvalue weighted by Crippen LogP contribution is 2.25. The number of nitrogens with one attached hydrogen (secondary N) is 1. The van der Waals surface area contributed by atoms with E-state index in [1.54, 1.807) is 18.2 Å². The van der Waals surface area contributed by atoms with Gasteiger partial charge in [0.05, 0.1) is 6.20 Å². The van der Waals surface area contributed by atoms with E-state index in [-0.39, 0.29) is 17.7 Å². The molecule has 0 radical (unpaired) electrons. The molecule has 0 saturated carbocycles. The van der Waals surface area contributed by atoms with Crippen molar-refractivity contribution in [2.45, 2.75) is 6.92 Å². The van der Waals surface area contributed by atoms with Gasteiger partial charge in [-0.1, -0.05) is 5.92 Å². The number of ether oxygens (including phenoxy) is 1. The van der Waals surface area contributed by atoms with E-state index in [1.807, 2.05) is 6.92 Å². The Labute approximate surface area is 121 Å². The highest BCUT2D eigenvalue weighted by molar-refractivity contribution is 6.28. The van der Waals surface area contributed by atoms with Gasteiger partial charge in [-0.15, -0.1) is 6.42 Å². The second-order valence-electron chi connectivity index (χ2n) is 3.93. The molecule has 1 N–H and O–H groups in total. The van der Waals surface area contributed by atoms with Crippen LogP contribution in [0.25, 0.3) is 0 Å². The van der Waals surface area contributed by atoms with Gasteiger partial charge in [-0.3, -0.25) is 0 Å². The van der Waals surface area contributed by atoms with Crippen LogP contribution in [0.3, 0.4) is 0 Å². The normalized spacial score (nSPS) is 9.90. The van der Waals surface area contributed by atoms with E-state index < -0.39 is 5.82 Å². The third kappa shape index (κ3) is 3.37. The van der Waals surface area contributed by atoms with Gasteiger partial charge < -0.3 is 10.1 Å². The molecule has 2 rings (SSSR count). The molecule has 1 heterocycles. The maximum Gasteiger partial charge on any atom is 0.224 e. The molecule has 0 amide bonds. The summed E-state index contributed by atoms with van der Waals surface area (Å²) in [5.41, 5.74) is 1.52. The minimum absolute atomic E-state index is 0.0155. The van der Waals surface area contributed by atoms with Crippen LogP contribution in [0.15, 0.2) is 24.4 Å². The summed E-state index contributed by atoms with van der Waals surface area (Å²) >= 11 is 5.63. The van der Waals surface area contributed by atoms with Crippen molar-refractivity contribution >= 4 is 23.1 Å². The highest BCUT2D eigenvalue weighted by Gasteiger charge is 2.07. The molecule has 102 valence electrons. The first-order valence-electron chi connectivity index (χ1n) is 5.72. The molecule has 0 unspecified atom stereocenters. The average molecular weight is 292 g/mol. The number of rotatable bonds is 4. The highest BCUT2D eigenvalue weighted by atomic mass is 35.5. The van der Waals surface area contributed by atoms with Gasteiger partial charge in [0.15, 0.2) is 11.6 Å². The molecular formula is C14H11ClFN3O. The summed E-state index contributed by atoms with van der Waals surface area (Å²) in [7, 11) is 0. The van der Waals surface area contributed by atoms with Crippen LogP contribution in [0.2, 0.25) is 5.28 Å². The molecule has 0 saturated heterocycles. The Morgan fingerprint density at radius 2 is 2.30 bits per heavy atom. The summed E-state index contributed by atoms with van der Waals surface area (Å²) in [6.45, 7) is 2.06. The van der Waals surface area contributed by atoms with Crippen LogP contribution >= 0.6 is 11.6 Å². The maximum atomic E-state index is 13.5. The monoisotopic (exact) mass is 291 g/mol. The van der Waals surface area contributed by atoms with E-state index in [2.05, 4.69) is 21.2 Å². The fourth-order valence-electron chi connectivity index (χ4n) is 1.58. The molecule has 0 aliphatic carbocycles. The molecule has 20 heavy (non-hydrogen) atoms. The van der Waals surface area contributed by atoms with Crippen LogP contribution in [0.1, 0.15) is 5.56 Å². The van der Waals surface area contributed by atoms with E-state index in [9.17, 15) is 4.39 Å². The zero-order valence-corrected chi connectivity index (χ0v) is 11.4. The summed E-state index contributed by atoms with van der Waals surface area (Å²) in [5, 5.41) is 2.80. The first-order valence-corrected chi connectivity index (χ1v) is 6.10. The molecule has 1 aromatic carbocycles. The molecular weight excluding hydrogens is 281 g/mol. The molecule has 1 aromatic heterocycles. The fourth-order valence-corrected chi connectivity index (χ4v) is 1.71. The van der Waals surface area contributed by atoms with Crippen molar-refractivity contribution in [2.75, 3.05) is 11.9 Å². The number of halogens is 2. The zero-order valence-electron chi connectivity index (χ0n) is 10.7. The summed E-state index contributed by atoms with van der Waals surface area (Å²) in [4.78, 5) is 7.33. The van der Waals surface area contributed by atoms with Crippen molar-refractivity contribution in [3.8, 4) is 18.1 Å². The molecule has 0 aliphatic heterocycles. The van der Waals surface area contributed by atoms with Crippen molar-refractivity contribution in [1.82, 2.24) is 9.97 Å². The van der Waals surface area contributed by atoms with E-state index in [1.165, 1.54) is 0 Å². The Morgan fingerprint density at radius 3 is 3.00 bits per heavy atom. The second kappa shape index (κ2) is 6.22. The van der Waals surface area contributed by atoms with E-state index in [4.69, 9.17) is 22.8 Å². The number of aryl methyl sites for hydroxylation is 1. The van der Waals surface area contributed by atoms with Crippen molar-refractivity contribution in [3.63, 3.8) is 0 Å².